The average Bonchev–Trinajstić information content (AvgIpc) is 3.04. The van der Waals surface area contributed by atoms with Crippen LogP contribution < -0.4 is 0 Å². The van der Waals surface area contributed by atoms with E-state index < -0.39 is 0 Å². The zero-order valence-corrected chi connectivity index (χ0v) is 12.8. The van der Waals surface area contributed by atoms with Crippen LogP contribution in [-0.2, 0) is 13.0 Å². The van der Waals surface area contributed by atoms with Crippen LogP contribution in [0.3, 0.4) is 0 Å². The summed E-state index contributed by atoms with van der Waals surface area (Å²) >= 11 is 7.08. The molecule has 102 valence electrons. The van der Waals surface area contributed by atoms with E-state index in [-0.39, 0.29) is 0 Å². The van der Waals surface area contributed by atoms with Gasteiger partial charge in [0.25, 0.3) is 0 Å². The molecular formula is C15H15N3S2. The summed E-state index contributed by atoms with van der Waals surface area (Å²) in [6, 6.07) is 10.3. The van der Waals surface area contributed by atoms with Gasteiger partial charge in [0.05, 0.1) is 16.4 Å². The van der Waals surface area contributed by atoms with E-state index >= 15 is 0 Å². The molecule has 3 nitrogen and oxygen atoms in total. The summed E-state index contributed by atoms with van der Waals surface area (Å²) in [5, 5.41) is 3.23. The molecule has 0 saturated carbocycles. The molecule has 3 rings (SSSR count). The molecule has 0 radical (unpaired) electrons. The molecule has 1 N–H and O–H groups in total. The molecule has 1 aromatic carbocycles. The molecule has 0 aliphatic rings. The number of nitrogens with zero attached hydrogens (tertiary/aromatic N) is 2. The number of aromatic nitrogens is 3. The molecule has 3 aromatic rings. The molecule has 0 atom stereocenters. The molecule has 0 amide bonds. The molecule has 0 aliphatic carbocycles. The fourth-order valence-electron chi connectivity index (χ4n) is 2.21. The molecule has 20 heavy (non-hydrogen) atoms. The topological polar surface area (TPSA) is 33.6 Å². The Morgan fingerprint density at radius 2 is 2.10 bits per heavy atom. The highest BCUT2D eigenvalue weighted by Gasteiger charge is 2.07. The Hall–Kier alpha value is -1.72. The number of imidazole rings is 1. The lowest BCUT2D eigenvalue weighted by Crippen LogP contribution is -2.03. The summed E-state index contributed by atoms with van der Waals surface area (Å²) in [4.78, 5) is 7.64. The van der Waals surface area contributed by atoms with Crippen LogP contribution in [0.4, 0.5) is 0 Å². The van der Waals surface area contributed by atoms with E-state index in [0.29, 0.717) is 0 Å². The number of thiazole rings is 1. The normalized spacial score (nSPS) is 10.8. The van der Waals surface area contributed by atoms with Crippen LogP contribution in [0.2, 0.25) is 0 Å². The lowest BCUT2D eigenvalue weighted by molar-refractivity contribution is 0.684. The fraction of sp³-hybridized carbons (Fsp3) is 0.200. The van der Waals surface area contributed by atoms with Gasteiger partial charge in [0.1, 0.15) is 0 Å². The van der Waals surface area contributed by atoms with Crippen LogP contribution in [0.5, 0.6) is 0 Å². The van der Waals surface area contributed by atoms with Crippen LogP contribution in [0.1, 0.15) is 10.7 Å². The largest absolute Gasteiger partial charge is 0.337 e. The highest BCUT2D eigenvalue weighted by atomic mass is 32.1. The minimum absolute atomic E-state index is 0.760. The number of nitrogens with one attached hydrogen (secondary N) is 1. The summed E-state index contributed by atoms with van der Waals surface area (Å²) in [6.45, 7) is 2.88. The lowest BCUT2D eigenvalue weighted by atomic mass is 10.1. The van der Waals surface area contributed by atoms with E-state index in [9.17, 15) is 0 Å². The number of hydrogen-bond acceptors (Lipinski definition) is 3. The molecule has 2 aromatic heterocycles. The molecule has 0 spiro atoms. The second kappa shape index (κ2) is 5.73. The van der Waals surface area contributed by atoms with Gasteiger partial charge in [0.2, 0.25) is 0 Å². The van der Waals surface area contributed by atoms with E-state index in [1.54, 1.807) is 11.3 Å². The average molecular weight is 301 g/mol. The van der Waals surface area contributed by atoms with Crippen LogP contribution in [0, 0.1) is 11.7 Å². The monoisotopic (exact) mass is 301 g/mol. The Labute approximate surface area is 126 Å². The Morgan fingerprint density at radius 1 is 1.30 bits per heavy atom. The van der Waals surface area contributed by atoms with Gasteiger partial charge in [-0.2, -0.15) is 0 Å². The predicted molar refractivity (Wildman–Crippen MR) is 85.6 cm³/mol. The molecule has 5 heteroatoms. The number of aromatic amines is 1. The minimum Gasteiger partial charge on any atom is -0.337 e. The molecule has 0 aliphatic heterocycles. The Bertz CT molecular complexity index is 753. The number of rotatable bonds is 4. The zero-order valence-electron chi connectivity index (χ0n) is 11.2. The molecular weight excluding hydrogens is 286 g/mol. The molecule has 0 unspecified atom stereocenters. The van der Waals surface area contributed by atoms with Crippen molar-refractivity contribution in [2.24, 2.45) is 0 Å². The van der Waals surface area contributed by atoms with E-state index in [1.807, 2.05) is 31.3 Å². The van der Waals surface area contributed by atoms with E-state index in [4.69, 9.17) is 12.2 Å². The summed E-state index contributed by atoms with van der Waals surface area (Å²) in [5.74, 6) is 0. The quantitative estimate of drug-likeness (QED) is 0.732. The van der Waals surface area contributed by atoms with Gasteiger partial charge < -0.3 is 9.55 Å². The third-order valence-corrected chi connectivity index (χ3v) is 4.36. The van der Waals surface area contributed by atoms with Crippen LogP contribution in [-0.4, -0.2) is 14.5 Å². The summed E-state index contributed by atoms with van der Waals surface area (Å²) in [5.41, 5.74) is 3.44. The first-order valence-corrected chi connectivity index (χ1v) is 7.77. The molecule has 0 saturated heterocycles. The highest BCUT2D eigenvalue weighted by Crippen LogP contribution is 2.20. The first-order chi connectivity index (χ1) is 9.74. The van der Waals surface area contributed by atoms with Crippen molar-refractivity contribution in [2.75, 3.05) is 0 Å². The molecule has 2 heterocycles. The molecule has 0 fully saturated rings. The van der Waals surface area contributed by atoms with Gasteiger partial charge in [0.15, 0.2) is 4.77 Å². The number of benzene rings is 1. The SMILES string of the molecule is Cc1nc(CCn2c(-c3ccccc3)c[nH]c2=S)cs1. The second-order valence-corrected chi connectivity index (χ2v) is 6.05. The van der Waals surface area contributed by atoms with Crippen molar-refractivity contribution < 1.29 is 0 Å². The maximum Gasteiger partial charge on any atom is 0.177 e. The number of hydrogen-bond donors (Lipinski definition) is 1. The Balaban J connectivity index is 1.86. The zero-order chi connectivity index (χ0) is 13.9. The Kier molecular flexibility index (Phi) is 3.80. The maximum atomic E-state index is 5.38. The van der Waals surface area contributed by atoms with E-state index in [1.165, 1.54) is 5.56 Å². The summed E-state index contributed by atoms with van der Waals surface area (Å²) < 4.78 is 2.90. The van der Waals surface area contributed by atoms with Gasteiger partial charge >= 0.3 is 0 Å². The first-order valence-electron chi connectivity index (χ1n) is 6.48. The minimum atomic E-state index is 0.760. The van der Waals surface area contributed by atoms with E-state index in [0.717, 1.165) is 34.1 Å². The van der Waals surface area contributed by atoms with Gasteiger partial charge in [-0.15, -0.1) is 11.3 Å². The lowest BCUT2D eigenvalue weighted by Gasteiger charge is -2.07. The predicted octanol–water partition coefficient (Wildman–Crippen LogP) is 4.22. The van der Waals surface area contributed by atoms with Crippen molar-refractivity contribution in [1.82, 2.24) is 14.5 Å². The van der Waals surface area contributed by atoms with E-state index in [2.05, 4.69) is 32.0 Å². The van der Waals surface area contributed by atoms with Crippen LogP contribution in [0.25, 0.3) is 11.3 Å². The maximum absolute atomic E-state index is 5.38. The van der Waals surface area contributed by atoms with Gasteiger partial charge in [-0.05, 0) is 24.7 Å². The van der Waals surface area contributed by atoms with Crippen LogP contribution in [0.15, 0.2) is 41.9 Å². The smallest absolute Gasteiger partial charge is 0.177 e. The first kappa shape index (κ1) is 13.3. The van der Waals surface area contributed by atoms with Crippen molar-refractivity contribution in [3.63, 3.8) is 0 Å². The van der Waals surface area contributed by atoms with Crippen molar-refractivity contribution in [3.05, 3.63) is 57.4 Å². The van der Waals surface area contributed by atoms with Gasteiger partial charge in [-0.1, -0.05) is 30.3 Å². The number of H-pyrrole nitrogens is 1. The highest BCUT2D eigenvalue weighted by molar-refractivity contribution is 7.71. The van der Waals surface area contributed by atoms with Gasteiger partial charge in [-0.3, -0.25) is 0 Å². The van der Waals surface area contributed by atoms with Crippen molar-refractivity contribution in [2.45, 2.75) is 19.9 Å². The molecule has 0 bridgehead atoms. The third-order valence-electron chi connectivity index (χ3n) is 3.20. The number of aryl methyl sites for hydroxylation is 2. The van der Waals surface area contributed by atoms with Crippen LogP contribution >= 0.6 is 23.6 Å². The van der Waals surface area contributed by atoms with Crippen molar-refractivity contribution in [3.8, 4) is 11.3 Å². The van der Waals surface area contributed by atoms with Gasteiger partial charge in [0, 0.05) is 24.5 Å². The van der Waals surface area contributed by atoms with Crippen molar-refractivity contribution >= 4 is 23.6 Å². The Morgan fingerprint density at radius 3 is 2.80 bits per heavy atom. The summed E-state index contributed by atoms with van der Waals surface area (Å²) in [7, 11) is 0. The third kappa shape index (κ3) is 2.73. The summed E-state index contributed by atoms with van der Waals surface area (Å²) in [6.07, 6.45) is 2.88. The standard InChI is InChI=1S/C15H15N3S2/c1-11-17-13(10-20-11)7-8-18-14(9-16-15(18)19)12-5-3-2-4-6-12/h2-6,9-10H,7-8H2,1H3,(H,16,19). The second-order valence-electron chi connectivity index (χ2n) is 4.60. The van der Waals surface area contributed by atoms with Gasteiger partial charge in [-0.25, -0.2) is 4.98 Å². The van der Waals surface area contributed by atoms with Crippen molar-refractivity contribution in [1.29, 1.82) is 0 Å². The fourth-order valence-corrected chi connectivity index (χ4v) is 3.11.